The highest BCUT2D eigenvalue weighted by molar-refractivity contribution is 5.82. The van der Waals surface area contributed by atoms with E-state index in [2.05, 4.69) is 19.8 Å². The van der Waals surface area contributed by atoms with E-state index in [9.17, 15) is 4.79 Å². The van der Waals surface area contributed by atoms with Crippen molar-refractivity contribution in [3.05, 3.63) is 0 Å². The molecule has 0 bridgehead atoms. The molecule has 1 saturated heterocycles. The van der Waals surface area contributed by atoms with Crippen LogP contribution < -0.4 is 5.73 Å². The number of amides is 1. The largest absolute Gasteiger partial charge is 0.338 e. The quantitative estimate of drug-likeness (QED) is 0.654. The number of hydrogen-bond acceptors (Lipinski definition) is 2. The molecule has 3 unspecified atom stereocenters. The third-order valence-electron chi connectivity index (χ3n) is 2.72. The maximum Gasteiger partial charge on any atom is 0.240 e. The van der Waals surface area contributed by atoms with Crippen LogP contribution in [0.15, 0.2) is 0 Å². The average molecular weight is 194 g/mol. The number of nitrogens with zero attached hydrogens (tertiary/aromatic N) is 1. The van der Waals surface area contributed by atoms with Gasteiger partial charge in [-0.1, -0.05) is 6.92 Å². The minimum atomic E-state index is -0.521. The van der Waals surface area contributed by atoms with Gasteiger partial charge in [-0.25, -0.2) is 0 Å². The predicted octanol–water partition coefficient (Wildman–Crippen LogP) is 0.594. The topological polar surface area (TPSA) is 46.3 Å². The molecule has 3 atom stereocenters. The second-order valence-electron chi connectivity index (χ2n) is 4.20. The first-order chi connectivity index (χ1) is 6.56. The maximum atomic E-state index is 11.8. The Bertz CT molecular complexity index is 257. The lowest BCUT2D eigenvalue weighted by Gasteiger charge is -2.24. The first-order valence-electron chi connectivity index (χ1n) is 5.05. The molecule has 3 heteroatoms. The summed E-state index contributed by atoms with van der Waals surface area (Å²) >= 11 is 0. The summed E-state index contributed by atoms with van der Waals surface area (Å²) in [5.74, 6) is 3.00. The first kappa shape index (κ1) is 11.1. The Morgan fingerprint density at radius 1 is 1.71 bits per heavy atom. The molecule has 1 aliphatic heterocycles. The highest BCUT2D eigenvalue weighted by Crippen LogP contribution is 2.22. The van der Waals surface area contributed by atoms with Crippen molar-refractivity contribution in [2.75, 3.05) is 6.54 Å². The Hall–Kier alpha value is -1.01. The normalized spacial score (nSPS) is 28.6. The fourth-order valence-corrected chi connectivity index (χ4v) is 2.03. The van der Waals surface area contributed by atoms with Crippen molar-refractivity contribution in [2.45, 2.75) is 38.8 Å². The molecule has 14 heavy (non-hydrogen) atoms. The molecule has 0 spiro atoms. The van der Waals surface area contributed by atoms with Gasteiger partial charge in [-0.15, -0.1) is 12.3 Å². The van der Waals surface area contributed by atoms with E-state index < -0.39 is 6.04 Å². The van der Waals surface area contributed by atoms with Crippen molar-refractivity contribution < 1.29 is 4.79 Å². The average Bonchev–Trinajstić information content (AvgIpc) is 2.44. The SMILES string of the molecule is C#CCC(N)C(=O)N1CC(C)CC1C. The number of carbonyl (C=O) groups is 1. The Morgan fingerprint density at radius 2 is 2.36 bits per heavy atom. The summed E-state index contributed by atoms with van der Waals surface area (Å²) in [7, 11) is 0. The summed E-state index contributed by atoms with van der Waals surface area (Å²) in [4.78, 5) is 13.7. The van der Waals surface area contributed by atoms with Crippen LogP contribution in [0.5, 0.6) is 0 Å². The van der Waals surface area contributed by atoms with Gasteiger partial charge < -0.3 is 10.6 Å². The summed E-state index contributed by atoms with van der Waals surface area (Å²) in [5, 5.41) is 0. The molecule has 0 aromatic carbocycles. The van der Waals surface area contributed by atoms with E-state index in [1.54, 1.807) is 0 Å². The molecule has 0 radical (unpaired) electrons. The van der Waals surface area contributed by atoms with Crippen LogP contribution in [-0.2, 0) is 4.79 Å². The van der Waals surface area contributed by atoms with Crippen molar-refractivity contribution in [1.29, 1.82) is 0 Å². The Balaban J connectivity index is 2.57. The zero-order valence-electron chi connectivity index (χ0n) is 8.86. The second kappa shape index (κ2) is 4.47. The highest BCUT2D eigenvalue weighted by atomic mass is 16.2. The molecular weight excluding hydrogens is 176 g/mol. The summed E-state index contributed by atoms with van der Waals surface area (Å²) in [6.45, 7) is 5.03. The first-order valence-corrected chi connectivity index (χ1v) is 5.05. The van der Waals surface area contributed by atoms with Gasteiger partial charge in [0.15, 0.2) is 0 Å². The Kier molecular flexibility index (Phi) is 3.54. The fraction of sp³-hybridized carbons (Fsp3) is 0.727. The van der Waals surface area contributed by atoms with E-state index in [1.807, 2.05) is 4.90 Å². The van der Waals surface area contributed by atoms with Gasteiger partial charge in [0, 0.05) is 19.0 Å². The lowest BCUT2D eigenvalue weighted by Crippen LogP contribution is -2.45. The van der Waals surface area contributed by atoms with Crippen LogP contribution in [0.3, 0.4) is 0 Å². The van der Waals surface area contributed by atoms with Crippen LogP contribution in [0, 0.1) is 18.3 Å². The molecule has 0 saturated carbocycles. The molecule has 3 nitrogen and oxygen atoms in total. The van der Waals surface area contributed by atoms with E-state index in [0.717, 1.165) is 13.0 Å². The third-order valence-corrected chi connectivity index (χ3v) is 2.72. The van der Waals surface area contributed by atoms with Gasteiger partial charge in [-0.05, 0) is 19.3 Å². The number of carbonyl (C=O) groups excluding carboxylic acids is 1. The summed E-state index contributed by atoms with van der Waals surface area (Å²) in [6, 6.07) is -0.214. The molecule has 0 aromatic heterocycles. The molecule has 1 fully saturated rings. The Labute approximate surface area is 85.6 Å². The number of terminal acetylenes is 1. The van der Waals surface area contributed by atoms with Crippen molar-refractivity contribution >= 4 is 5.91 Å². The molecule has 78 valence electrons. The predicted molar refractivity (Wildman–Crippen MR) is 56.4 cm³/mol. The van der Waals surface area contributed by atoms with Crippen molar-refractivity contribution in [3.63, 3.8) is 0 Å². The van der Waals surface area contributed by atoms with Gasteiger partial charge in [0.1, 0.15) is 0 Å². The van der Waals surface area contributed by atoms with Gasteiger partial charge >= 0.3 is 0 Å². The molecular formula is C11H18N2O. The minimum absolute atomic E-state index is 0.000185. The number of likely N-dealkylation sites (tertiary alicyclic amines) is 1. The van der Waals surface area contributed by atoms with Crippen LogP contribution in [0.1, 0.15) is 26.7 Å². The van der Waals surface area contributed by atoms with Crippen molar-refractivity contribution in [3.8, 4) is 12.3 Å². The molecule has 1 amide bonds. The lowest BCUT2D eigenvalue weighted by molar-refractivity contribution is -0.133. The monoisotopic (exact) mass is 194 g/mol. The molecule has 1 rings (SSSR count). The van der Waals surface area contributed by atoms with E-state index in [4.69, 9.17) is 12.2 Å². The lowest BCUT2D eigenvalue weighted by atomic mass is 10.1. The minimum Gasteiger partial charge on any atom is -0.338 e. The molecule has 1 aliphatic rings. The van der Waals surface area contributed by atoms with Gasteiger partial charge in [0.05, 0.1) is 6.04 Å². The maximum absolute atomic E-state index is 11.8. The molecule has 0 aromatic rings. The number of rotatable bonds is 2. The number of hydrogen-bond donors (Lipinski definition) is 1. The van der Waals surface area contributed by atoms with E-state index in [0.29, 0.717) is 18.4 Å². The molecule has 1 heterocycles. The van der Waals surface area contributed by atoms with Gasteiger partial charge in [-0.2, -0.15) is 0 Å². The zero-order valence-corrected chi connectivity index (χ0v) is 8.86. The smallest absolute Gasteiger partial charge is 0.240 e. The molecule has 2 N–H and O–H groups in total. The van der Waals surface area contributed by atoms with Gasteiger partial charge in [-0.3, -0.25) is 4.79 Å². The standard InChI is InChI=1S/C11H18N2O/c1-4-5-10(12)11(14)13-7-8(2)6-9(13)3/h1,8-10H,5-7,12H2,2-3H3. The third kappa shape index (κ3) is 2.27. The van der Waals surface area contributed by atoms with Crippen LogP contribution in [0.2, 0.25) is 0 Å². The van der Waals surface area contributed by atoms with Crippen molar-refractivity contribution in [1.82, 2.24) is 4.90 Å². The van der Waals surface area contributed by atoms with Crippen LogP contribution in [-0.4, -0.2) is 29.4 Å². The van der Waals surface area contributed by atoms with Gasteiger partial charge in [0.2, 0.25) is 5.91 Å². The summed E-state index contributed by atoms with van der Waals surface area (Å²) in [5.41, 5.74) is 5.68. The Morgan fingerprint density at radius 3 is 2.79 bits per heavy atom. The fourth-order valence-electron chi connectivity index (χ4n) is 2.03. The van der Waals surface area contributed by atoms with E-state index in [1.165, 1.54) is 0 Å². The second-order valence-corrected chi connectivity index (χ2v) is 4.20. The van der Waals surface area contributed by atoms with E-state index in [-0.39, 0.29) is 5.91 Å². The summed E-state index contributed by atoms with van der Waals surface area (Å²) in [6.07, 6.45) is 6.52. The van der Waals surface area contributed by atoms with Gasteiger partial charge in [0.25, 0.3) is 0 Å². The number of nitrogens with two attached hydrogens (primary N) is 1. The molecule has 0 aliphatic carbocycles. The van der Waals surface area contributed by atoms with E-state index >= 15 is 0 Å². The highest BCUT2D eigenvalue weighted by Gasteiger charge is 2.32. The summed E-state index contributed by atoms with van der Waals surface area (Å²) < 4.78 is 0. The zero-order chi connectivity index (χ0) is 10.7. The van der Waals surface area contributed by atoms with Crippen molar-refractivity contribution in [2.24, 2.45) is 11.7 Å². The van der Waals surface area contributed by atoms with Crippen LogP contribution in [0.25, 0.3) is 0 Å². The van der Waals surface area contributed by atoms with Crippen LogP contribution >= 0.6 is 0 Å². The van der Waals surface area contributed by atoms with Crippen LogP contribution in [0.4, 0.5) is 0 Å².